The van der Waals surface area contributed by atoms with Crippen LogP contribution in [0.5, 0.6) is 0 Å². The summed E-state index contributed by atoms with van der Waals surface area (Å²) >= 11 is 0. The summed E-state index contributed by atoms with van der Waals surface area (Å²) in [7, 11) is -1.29. The third-order valence-corrected chi connectivity index (χ3v) is 9.28. The third-order valence-electron chi connectivity index (χ3n) is 7.25. The SMILES string of the molecule is C[Si](C)(C)c1ccc(-c2[c-]ccc(-c3ccccc3)c2)nc1.[2H]c1c([2H])c2ccccc2c2c[c-]c(-c3ccccn3)cc12.[Ir]. The van der Waals surface area contributed by atoms with Crippen LogP contribution in [0.4, 0.5) is 0 Å². The van der Waals surface area contributed by atoms with Gasteiger partial charge in [-0.25, -0.2) is 0 Å². The molecule has 0 bridgehead atoms. The fraction of sp³-hybridized carbons (Fsp3) is 0.0769. The van der Waals surface area contributed by atoms with Crippen LogP contribution < -0.4 is 5.19 Å². The van der Waals surface area contributed by atoms with Crippen LogP contribution in [-0.2, 0) is 20.1 Å². The summed E-state index contributed by atoms with van der Waals surface area (Å²) in [6.07, 6.45) is 3.77. The van der Waals surface area contributed by atoms with Gasteiger partial charge in [0, 0.05) is 32.5 Å². The molecule has 0 aliphatic carbocycles. The molecule has 1 radical (unpaired) electrons. The Morgan fingerprint density at radius 3 is 2.09 bits per heavy atom. The molecule has 0 saturated carbocycles. The van der Waals surface area contributed by atoms with E-state index in [1.807, 2.05) is 72.9 Å². The fourth-order valence-corrected chi connectivity index (χ4v) is 5.91. The van der Waals surface area contributed by atoms with Gasteiger partial charge >= 0.3 is 0 Å². The van der Waals surface area contributed by atoms with E-state index in [4.69, 9.17) is 2.74 Å². The van der Waals surface area contributed by atoms with Gasteiger partial charge < -0.3 is 9.97 Å². The first-order chi connectivity index (χ1) is 21.3. The zero-order valence-corrected chi connectivity index (χ0v) is 27.7. The summed E-state index contributed by atoms with van der Waals surface area (Å²) in [6, 6.07) is 45.3. The van der Waals surface area contributed by atoms with Crippen molar-refractivity contribution in [2.75, 3.05) is 0 Å². The number of nitrogens with zero attached hydrogens (tertiary/aromatic N) is 2. The Morgan fingerprint density at radius 2 is 1.35 bits per heavy atom. The number of pyridine rings is 2. The predicted octanol–water partition coefficient (Wildman–Crippen LogP) is 9.61. The van der Waals surface area contributed by atoms with Crippen LogP contribution in [0, 0.1) is 12.1 Å². The molecule has 0 atom stereocenters. The van der Waals surface area contributed by atoms with E-state index in [0.29, 0.717) is 0 Å². The monoisotopic (exact) mass is 751 g/mol. The number of rotatable bonds is 4. The van der Waals surface area contributed by atoms with Gasteiger partial charge in [-0.2, -0.15) is 0 Å². The van der Waals surface area contributed by atoms with Crippen molar-refractivity contribution in [2.45, 2.75) is 19.6 Å². The van der Waals surface area contributed by atoms with Crippen molar-refractivity contribution in [2.24, 2.45) is 0 Å². The van der Waals surface area contributed by atoms with Gasteiger partial charge in [-0.3, -0.25) is 0 Å². The normalized spacial score (nSPS) is 11.6. The van der Waals surface area contributed by atoms with E-state index in [1.165, 1.54) is 16.3 Å². The molecule has 2 heterocycles. The largest absolute Gasteiger partial charge is 0.305 e. The number of fused-ring (bicyclic) bond motifs is 3. The van der Waals surface area contributed by atoms with Crippen LogP contribution in [0.15, 0.2) is 140 Å². The molecule has 7 aromatic rings. The molecular formula is C39H32IrN2Si-2. The summed E-state index contributed by atoms with van der Waals surface area (Å²) in [4.78, 5) is 8.98. The molecule has 0 amide bonds. The first kappa shape index (κ1) is 27.6. The molecule has 213 valence electrons. The van der Waals surface area contributed by atoms with E-state index < -0.39 is 8.07 Å². The maximum Gasteiger partial charge on any atom is 0.0795 e. The Hall–Kier alpha value is -4.21. The van der Waals surface area contributed by atoms with Crippen molar-refractivity contribution in [3.8, 4) is 33.6 Å². The summed E-state index contributed by atoms with van der Waals surface area (Å²) in [6.45, 7) is 7.02. The van der Waals surface area contributed by atoms with Gasteiger partial charge in [0.05, 0.1) is 10.8 Å². The van der Waals surface area contributed by atoms with Crippen molar-refractivity contribution in [3.05, 3.63) is 152 Å². The summed E-state index contributed by atoms with van der Waals surface area (Å²) in [5.74, 6) is 0. The number of hydrogen-bond donors (Lipinski definition) is 0. The molecule has 4 heteroatoms. The molecule has 43 heavy (non-hydrogen) atoms. The first-order valence-corrected chi connectivity index (χ1v) is 17.6. The summed E-state index contributed by atoms with van der Waals surface area (Å²) < 4.78 is 16.5. The smallest absolute Gasteiger partial charge is 0.0795 e. The van der Waals surface area contributed by atoms with Crippen molar-refractivity contribution < 1.29 is 22.8 Å². The van der Waals surface area contributed by atoms with Crippen LogP contribution >= 0.6 is 0 Å². The number of hydrogen-bond acceptors (Lipinski definition) is 2. The van der Waals surface area contributed by atoms with Gasteiger partial charge in [-0.15, -0.1) is 64.5 Å². The molecule has 0 spiro atoms. The van der Waals surface area contributed by atoms with Gasteiger partial charge in [-0.1, -0.05) is 121 Å². The van der Waals surface area contributed by atoms with Crippen molar-refractivity contribution in [1.82, 2.24) is 9.97 Å². The Bertz CT molecular complexity index is 2060. The number of aromatic nitrogens is 2. The standard InChI is InChI=1S/C20H20NSi.C19H12N.Ir/c1-22(2,3)19-12-13-20(21-15-19)18-11-7-10-17(14-18)16-8-5-4-6-9-16;1-2-6-17-14(5-1)8-9-15-13-16(10-11-18(15)17)19-7-3-4-12-20-19;/h4-10,12-15H,1-3H3;1-9,11-13H;/q2*-1;/i;8D,9D;. The second-order valence-corrected chi connectivity index (χ2v) is 16.3. The van der Waals surface area contributed by atoms with Crippen molar-refractivity contribution in [1.29, 1.82) is 0 Å². The Morgan fingerprint density at radius 1 is 0.628 bits per heavy atom. The topological polar surface area (TPSA) is 25.8 Å². The second kappa shape index (κ2) is 13.4. The van der Waals surface area contributed by atoms with E-state index in [-0.39, 0.29) is 32.2 Å². The molecule has 2 nitrogen and oxygen atoms in total. The van der Waals surface area contributed by atoms with E-state index in [9.17, 15) is 0 Å². The van der Waals surface area contributed by atoms with Crippen LogP contribution in [-0.4, -0.2) is 18.0 Å². The van der Waals surface area contributed by atoms with E-state index in [2.05, 4.69) is 90.3 Å². The molecule has 0 fully saturated rings. The van der Waals surface area contributed by atoms with Crippen molar-refractivity contribution in [3.63, 3.8) is 0 Å². The van der Waals surface area contributed by atoms with Crippen LogP contribution in [0.3, 0.4) is 0 Å². The van der Waals surface area contributed by atoms with Gasteiger partial charge in [0.25, 0.3) is 0 Å². The Kier molecular flexibility index (Phi) is 8.60. The van der Waals surface area contributed by atoms with E-state index >= 15 is 0 Å². The predicted molar refractivity (Wildman–Crippen MR) is 180 cm³/mol. The second-order valence-electron chi connectivity index (χ2n) is 11.2. The molecule has 0 saturated heterocycles. The van der Waals surface area contributed by atoms with E-state index in [1.54, 1.807) is 6.20 Å². The minimum atomic E-state index is -1.29. The first-order valence-electron chi connectivity index (χ1n) is 15.1. The molecular weight excluding hydrogens is 717 g/mol. The van der Waals surface area contributed by atoms with Crippen LogP contribution in [0.1, 0.15) is 2.74 Å². The van der Waals surface area contributed by atoms with Crippen LogP contribution in [0.25, 0.3) is 55.2 Å². The minimum absolute atomic E-state index is 0. The molecule has 5 aromatic carbocycles. The van der Waals surface area contributed by atoms with E-state index in [0.717, 1.165) is 44.1 Å². The molecule has 0 N–H and O–H groups in total. The van der Waals surface area contributed by atoms with Gasteiger partial charge in [0.1, 0.15) is 0 Å². The maximum atomic E-state index is 8.31. The van der Waals surface area contributed by atoms with Gasteiger partial charge in [0.2, 0.25) is 0 Å². The fourth-order valence-electron chi connectivity index (χ4n) is 4.87. The molecule has 0 aliphatic rings. The molecule has 0 aliphatic heterocycles. The summed E-state index contributed by atoms with van der Waals surface area (Å²) in [5.41, 5.74) is 6.12. The molecule has 0 unspecified atom stereocenters. The molecule has 2 aromatic heterocycles. The van der Waals surface area contributed by atoms with Crippen molar-refractivity contribution >= 4 is 34.8 Å². The van der Waals surface area contributed by atoms with Crippen LogP contribution in [0.2, 0.25) is 19.6 Å². The summed E-state index contributed by atoms with van der Waals surface area (Å²) in [5, 5.41) is 4.90. The quantitative estimate of drug-likeness (QED) is 0.102. The van der Waals surface area contributed by atoms with Gasteiger partial charge in [-0.05, 0) is 33.6 Å². The average molecular weight is 751 g/mol. The number of benzene rings is 5. The maximum absolute atomic E-state index is 8.31. The zero-order chi connectivity index (χ0) is 30.7. The minimum Gasteiger partial charge on any atom is -0.305 e. The Balaban J connectivity index is 0.000000174. The third kappa shape index (κ3) is 7.06. The Labute approximate surface area is 271 Å². The average Bonchev–Trinajstić information content (AvgIpc) is 3.08. The van der Waals surface area contributed by atoms with Gasteiger partial charge in [0.15, 0.2) is 0 Å². The molecule has 7 rings (SSSR count). The zero-order valence-electron chi connectivity index (χ0n) is 26.4.